The normalized spacial score (nSPS) is 10.6. The van der Waals surface area contributed by atoms with Gasteiger partial charge in [-0.05, 0) is 0 Å². The number of rotatable bonds is 2. The van der Waals surface area contributed by atoms with Gasteiger partial charge in [0.2, 0.25) is 11.9 Å². The molecule has 0 saturated carbocycles. The minimum atomic E-state index is -0.305. The van der Waals surface area contributed by atoms with E-state index in [-0.39, 0.29) is 29.1 Å². The molecule has 0 aliphatic carbocycles. The van der Waals surface area contributed by atoms with Crippen molar-refractivity contribution in [2.75, 3.05) is 16.8 Å². The standard InChI is InChI=1S/C14H13N7O/c1-7(22)17-14-20-12(16)10-13(21-14)19-11(15)9(18-10)8-5-3-2-4-6-8/h2-6H,1H3,(H5,15,16,17,19,20,21,22). The average molecular weight is 295 g/mol. The molecule has 22 heavy (non-hydrogen) atoms. The smallest absolute Gasteiger partial charge is 0.233 e. The Bertz CT molecular complexity index is 864. The Morgan fingerprint density at radius 2 is 1.73 bits per heavy atom. The summed E-state index contributed by atoms with van der Waals surface area (Å²) in [5, 5.41) is 2.45. The predicted molar refractivity (Wildman–Crippen MR) is 83.7 cm³/mol. The second kappa shape index (κ2) is 5.24. The number of nitrogens with two attached hydrogens (primary N) is 2. The molecule has 3 rings (SSSR count). The van der Waals surface area contributed by atoms with E-state index in [2.05, 4.69) is 25.3 Å². The van der Waals surface area contributed by atoms with E-state index in [4.69, 9.17) is 11.5 Å². The molecule has 0 saturated heterocycles. The summed E-state index contributed by atoms with van der Waals surface area (Å²) in [5.74, 6) is 0.114. The molecular weight excluding hydrogens is 282 g/mol. The van der Waals surface area contributed by atoms with Gasteiger partial charge in [0.1, 0.15) is 5.69 Å². The van der Waals surface area contributed by atoms with E-state index in [1.807, 2.05) is 30.3 Å². The first-order chi connectivity index (χ1) is 10.5. The van der Waals surface area contributed by atoms with E-state index in [0.717, 1.165) is 5.56 Å². The van der Waals surface area contributed by atoms with Crippen LogP contribution in [0.25, 0.3) is 22.4 Å². The number of nitrogens with one attached hydrogen (secondary N) is 1. The predicted octanol–water partition coefficient (Wildman–Crippen LogP) is 1.21. The lowest BCUT2D eigenvalue weighted by molar-refractivity contribution is -0.114. The summed E-state index contributed by atoms with van der Waals surface area (Å²) < 4.78 is 0. The fourth-order valence-corrected chi connectivity index (χ4v) is 2.00. The zero-order valence-electron chi connectivity index (χ0n) is 11.7. The van der Waals surface area contributed by atoms with Crippen LogP contribution in [0.5, 0.6) is 0 Å². The number of hydrogen-bond donors (Lipinski definition) is 3. The summed E-state index contributed by atoms with van der Waals surface area (Å²) in [6.07, 6.45) is 0. The van der Waals surface area contributed by atoms with Crippen molar-refractivity contribution in [2.45, 2.75) is 6.92 Å². The molecule has 5 N–H and O–H groups in total. The molecule has 8 nitrogen and oxygen atoms in total. The summed E-state index contributed by atoms with van der Waals surface area (Å²) in [5.41, 5.74) is 13.7. The lowest BCUT2D eigenvalue weighted by Gasteiger charge is -2.08. The highest BCUT2D eigenvalue weighted by Crippen LogP contribution is 2.26. The molecule has 0 spiro atoms. The molecule has 2 aromatic heterocycles. The molecule has 1 aromatic carbocycles. The van der Waals surface area contributed by atoms with Crippen LogP contribution >= 0.6 is 0 Å². The van der Waals surface area contributed by atoms with Crippen molar-refractivity contribution in [3.63, 3.8) is 0 Å². The molecule has 3 aromatic rings. The van der Waals surface area contributed by atoms with Gasteiger partial charge in [0.05, 0.1) is 0 Å². The Balaban J connectivity index is 2.18. The number of carbonyl (C=O) groups excluding carboxylic acids is 1. The minimum Gasteiger partial charge on any atom is -0.382 e. The van der Waals surface area contributed by atoms with Crippen molar-refractivity contribution in [3.05, 3.63) is 30.3 Å². The molecule has 0 aliphatic heterocycles. The van der Waals surface area contributed by atoms with Crippen LogP contribution in [0.4, 0.5) is 17.6 Å². The highest BCUT2D eigenvalue weighted by Gasteiger charge is 2.13. The van der Waals surface area contributed by atoms with Gasteiger partial charge in [0, 0.05) is 12.5 Å². The molecule has 0 unspecified atom stereocenters. The Morgan fingerprint density at radius 1 is 1.00 bits per heavy atom. The molecule has 0 fully saturated rings. The van der Waals surface area contributed by atoms with Crippen molar-refractivity contribution in [3.8, 4) is 11.3 Å². The van der Waals surface area contributed by atoms with Gasteiger partial charge in [-0.1, -0.05) is 30.3 Å². The molecular formula is C14H13N7O. The lowest BCUT2D eigenvalue weighted by Crippen LogP contribution is -2.12. The van der Waals surface area contributed by atoms with E-state index in [0.29, 0.717) is 11.2 Å². The van der Waals surface area contributed by atoms with Crippen LogP contribution < -0.4 is 16.8 Å². The van der Waals surface area contributed by atoms with Crippen molar-refractivity contribution in [1.82, 2.24) is 19.9 Å². The maximum atomic E-state index is 11.1. The van der Waals surface area contributed by atoms with Gasteiger partial charge in [-0.15, -0.1) is 0 Å². The zero-order chi connectivity index (χ0) is 15.7. The summed E-state index contributed by atoms with van der Waals surface area (Å²) in [4.78, 5) is 27.8. The summed E-state index contributed by atoms with van der Waals surface area (Å²) in [6, 6.07) is 9.38. The quantitative estimate of drug-likeness (QED) is 0.647. The lowest BCUT2D eigenvalue weighted by atomic mass is 10.1. The SMILES string of the molecule is CC(=O)Nc1nc(N)c2nc(-c3ccccc3)c(N)nc2n1. The maximum absolute atomic E-state index is 11.1. The number of anilines is 3. The second-order valence-corrected chi connectivity index (χ2v) is 4.61. The van der Waals surface area contributed by atoms with E-state index >= 15 is 0 Å². The van der Waals surface area contributed by atoms with Crippen LogP contribution in [0.3, 0.4) is 0 Å². The fraction of sp³-hybridized carbons (Fsp3) is 0.0714. The molecule has 1 amide bonds. The minimum absolute atomic E-state index is 0.0682. The van der Waals surface area contributed by atoms with E-state index in [9.17, 15) is 4.79 Å². The average Bonchev–Trinajstić information content (AvgIpc) is 2.46. The molecule has 8 heteroatoms. The monoisotopic (exact) mass is 295 g/mol. The third kappa shape index (κ3) is 2.49. The number of nitrogens with zero attached hydrogens (tertiary/aromatic N) is 4. The zero-order valence-corrected chi connectivity index (χ0v) is 11.7. The van der Waals surface area contributed by atoms with Crippen LogP contribution in [0.15, 0.2) is 30.3 Å². The number of aromatic nitrogens is 4. The molecule has 2 heterocycles. The van der Waals surface area contributed by atoms with Crippen molar-refractivity contribution >= 4 is 34.7 Å². The van der Waals surface area contributed by atoms with Gasteiger partial charge in [-0.25, -0.2) is 9.97 Å². The number of benzene rings is 1. The number of hydrogen-bond acceptors (Lipinski definition) is 7. The van der Waals surface area contributed by atoms with Gasteiger partial charge in [-0.2, -0.15) is 9.97 Å². The Labute approximate surface area is 125 Å². The summed E-state index contributed by atoms with van der Waals surface area (Å²) >= 11 is 0. The highest BCUT2D eigenvalue weighted by molar-refractivity contribution is 5.91. The van der Waals surface area contributed by atoms with Gasteiger partial charge < -0.3 is 11.5 Å². The Hall–Kier alpha value is -3.29. The third-order valence-corrected chi connectivity index (χ3v) is 2.92. The van der Waals surface area contributed by atoms with Crippen LogP contribution in [0, 0.1) is 0 Å². The second-order valence-electron chi connectivity index (χ2n) is 4.61. The van der Waals surface area contributed by atoms with Crippen molar-refractivity contribution in [1.29, 1.82) is 0 Å². The molecule has 110 valence electrons. The first-order valence-corrected chi connectivity index (χ1v) is 6.48. The topological polar surface area (TPSA) is 133 Å². The van der Waals surface area contributed by atoms with Gasteiger partial charge in [0.15, 0.2) is 22.8 Å². The van der Waals surface area contributed by atoms with Crippen molar-refractivity contribution < 1.29 is 4.79 Å². The number of fused-ring (bicyclic) bond motifs is 1. The first-order valence-electron chi connectivity index (χ1n) is 6.48. The third-order valence-electron chi connectivity index (χ3n) is 2.92. The summed E-state index contributed by atoms with van der Waals surface area (Å²) in [6.45, 7) is 1.35. The van der Waals surface area contributed by atoms with Gasteiger partial charge in [0.25, 0.3) is 0 Å². The van der Waals surface area contributed by atoms with Crippen LogP contribution in [-0.4, -0.2) is 25.8 Å². The summed E-state index contributed by atoms with van der Waals surface area (Å²) in [7, 11) is 0. The van der Waals surface area contributed by atoms with E-state index in [1.165, 1.54) is 6.92 Å². The highest BCUT2D eigenvalue weighted by atomic mass is 16.1. The van der Waals surface area contributed by atoms with Gasteiger partial charge >= 0.3 is 0 Å². The first kappa shape index (κ1) is 13.7. The van der Waals surface area contributed by atoms with E-state index < -0.39 is 0 Å². The molecule has 0 bridgehead atoms. The number of nitrogen functional groups attached to an aromatic ring is 2. The van der Waals surface area contributed by atoms with Crippen LogP contribution in [-0.2, 0) is 4.79 Å². The maximum Gasteiger partial charge on any atom is 0.233 e. The van der Waals surface area contributed by atoms with Crippen LogP contribution in [0.1, 0.15) is 6.92 Å². The van der Waals surface area contributed by atoms with Crippen LogP contribution in [0.2, 0.25) is 0 Å². The molecule has 0 aliphatic rings. The largest absolute Gasteiger partial charge is 0.382 e. The Kier molecular flexibility index (Phi) is 3.26. The molecule has 0 radical (unpaired) electrons. The fourth-order valence-electron chi connectivity index (χ4n) is 2.00. The van der Waals surface area contributed by atoms with E-state index in [1.54, 1.807) is 0 Å². The van der Waals surface area contributed by atoms with Crippen molar-refractivity contribution in [2.24, 2.45) is 0 Å². The number of carbonyl (C=O) groups is 1. The van der Waals surface area contributed by atoms with Gasteiger partial charge in [-0.3, -0.25) is 10.1 Å². The Morgan fingerprint density at radius 3 is 2.41 bits per heavy atom. The molecule has 0 atom stereocenters. The number of amides is 1.